The van der Waals surface area contributed by atoms with Gasteiger partial charge in [-0.05, 0) is 82.3 Å². The number of anilines is 1. The molecule has 8 heteroatoms. The highest BCUT2D eigenvalue weighted by Crippen LogP contribution is 2.29. The van der Waals surface area contributed by atoms with Gasteiger partial charge in [-0.2, -0.15) is 0 Å². The summed E-state index contributed by atoms with van der Waals surface area (Å²) in [7, 11) is -4.11. The minimum Gasteiger partial charge on any atom is -0.352 e. The molecule has 0 spiro atoms. The summed E-state index contributed by atoms with van der Waals surface area (Å²) in [6.45, 7) is 13.1. The van der Waals surface area contributed by atoms with Crippen molar-refractivity contribution < 1.29 is 18.0 Å². The van der Waals surface area contributed by atoms with E-state index in [0.29, 0.717) is 12.1 Å². The van der Waals surface area contributed by atoms with Crippen LogP contribution in [0.2, 0.25) is 0 Å². The maximum absolute atomic E-state index is 14.2. The van der Waals surface area contributed by atoms with Crippen LogP contribution in [0.5, 0.6) is 0 Å². The highest BCUT2D eigenvalue weighted by molar-refractivity contribution is 7.92. The molecule has 1 N–H and O–H groups in total. The molecule has 0 bridgehead atoms. The second-order valence-corrected chi connectivity index (χ2v) is 12.7. The van der Waals surface area contributed by atoms with Gasteiger partial charge in [0.1, 0.15) is 12.6 Å². The third kappa shape index (κ3) is 7.76. The summed E-state index contributed by atoms with van der Waals surface area (Å²) >= 11 is 0. The molecular weight excluding hydrogens is 534 g/mol. The summed E-state index contributed by atoms with van der Waals surface area (Å²) in [5.41, 5.74) is 4.95. The second-order valence-electron chi connectivity index (χ2n) is 10.8. The number of nitrogens with one attached hydrogen (secondary N) is 1. The SMILES string of the molecule is CC[C@@H](C)NC(=O)[C@@H](CC)N(Cc1cccc(C)c1)C(=O)CN(c1cccc(C)c1C)S(=O)(=O)c1ccc(C)cc1. The molecule has 220 valence electrons. The van der Waals surface area contributed by atoms with Crippen LogP contribution in [0.4, 0.5) is 5.69 Å². The van der Waals surface area contributed by atoms with Gasteiger partial charge in [0.25, 0.3) is 10.0 Å². The molecule has 0 heterocycles. The Balaban J connectivity index is 2.10. The lowest BCUT2D eigenvalue weighted by Crippen LogP contribution is -2.53. The van der Waals surface area contributed by atoms with E-state index < -0.39 is 28.5 Å². The van der Waals surface area contributed by atoms with Gasteiger partial charge in [0.2, 0.25) is 11.8 Å². The second kappa shape index (κ2) is 13.8. The van der Waals surface area contributed by atoms with Gasteiger partial charge in [-0.25, -0.2) is 8.42 Å². The Morgan fingerprint density at radius 3 is 2.12 bits per heavy atom. The number of benzene rings is 3. The van der Waals surface area contributed by atoms with Crippen molar-refractivity contribution in [2.24, 2.45) is 0 Å². The lowest BCUT2D eigenvalue weighted by atomic mass is 10.1. The van der Waals surface area contributed by atoms with Crippen LogP contribution < -0.4 is 9.62 Å². The largest absolute Gasteiger partial charge is 0.352 e. The average Bonchev–Trinajstić information content (AvgIpc) is 2.93. The summed E-state index contributed by atoms with van der Waals surface area (Å²) < 4.78 is 29.4. The van der Waals surface area contributed by atoms with Crippen molar-refractivity contribution in [1.82, 2.24) is 10.2 Å². The topological polar surface area (TPSA) is 86.8 Å². The fourth-order valence-electron chi connectivity index (χ4n) is 4.72. The number of hydrogen-bond donors (Lipinski definition) is 1. The van der Waals surface area contributed by atoms with Crippen molar-refractivity contribution in [3.8, 4) is 0 Å². The van der Waals surface area contributed by atoms with Gasteiger partial charge in [0.05, 0.1) is 10.6 Å². The predicted molar refractivity (Wildman–Crippen MR) is 165 cm³/mol. The quantitative estimate of drug-likeness (QED) is 0.293. The maximum atomic E-state index is 14.2. The highest BCUT2D eigenvalue weighted by atomic mass is 32.2. The Hall–Kier alpha value is -3.65. The van der Waals surface area contributed by atoms with Gasteiger partial charge in [-0.1, -0.05) is 73.5 Å². The van der Waals surface area contributed by atoms with Gasteiger partial charge in [0, 0.05) is 12.6 Å². The predicted octanol–water partition coefficient (Wildman–Crippen LogP) is 5.84. The molecule has 0 fully saturated rings. The molecule has 0 aromatic heterocycles. The summed E-state index contributed by atoms with van der Waals surface area (Å²) in [5, 5.41) is 3.01. The molecule has 3 rings (SSSR count). The first-order valence-corrected chi connectivity index (χ1v) is 15.6. The Morgan fingerprint density at radius 1 is 0.854 bits per heavy atom. The first kappa shape index (κ1) is 31.9. The number of carbonyl (C=O) groups is 2. The molecule has 0 saturated carbocycles. The van der Waals surface area contributed by atoms with E-state index in [-0.39, 0.29) is 23.4 Å². The number of sulfonamides is 1. The number of amides is 2. The third-order valence-electron chi connectivity index (χ3n) is 7.55. The standard InChI is InChI=1S/C33H43N3O4S/c1-8-26(6)34-33(38)30(9-2)35(21-28-14-10-12-24(4)20-28)32(37)22-36(31-15-11-13-25(5)27(31)7)41(39,40)29-18-16-23(3)17-19-29/h10-20,26,30H,8-9,21-22H2,1-7H3,(H,34,38)/t26-,30-/m1/s1. The van der Waals surface area contributed by atoms with Gasteiger partial charge in [-0.3, -0.25) is 13.9 Å². The van der Waals surface area contributed by atoms with Crippen LogP contribution in [0.3, 0.4) is 0 Å². The molecule has 0 aliphatic carbocycles. The van der Waals surface area contributed by atoms with Crippen molar-refractivity contribution >= 4 is 27.5 Å². The third-order valence-corrected chi connectivity index (χ3v) is 9.33. The van der Waals surface area contributed by atoms with E-state index in [9.17, 15) is 18.0 Å². The molecule has 0 aliphatic rings. The Kier molecular flexibility index (Phi) is 10.7. The summed E-state index contributed by atoms with van der Waals surface area (Å²) in [5.74, 6) is -0.697. The monoisotopic (exact) mass is 577 g/mol. The van der Waals surface area contributed by atoms with E-state index in [1.165, 1.54) is 9.21 Å². The van der Waals surface area contributed by atoms with Gasteiger partial charge in [-0.15, -0.1) is 0 Å². The minimum atomic E-state index is -4.11. The summed E-state index contributed by atoms with van der Waals surface area (Å²) in [6.07, 6.45) is 1.14. The average molecular weight is 578 g/mol. The van der Waals surface area contributed by atoms with Crippen LogP contribution >= 0.6 is 0 Å². The molecule has 7 nitrogen and oxygen atoms in total. The molecule has 0 aliphatic heterocycles. The van der Waals surface area contributed by atoms with Gasteiger partial charge >= 0.3 is 0 Å². The van der Waals surface area contributed by atoms with E-state index in [1.807, 2.05) is 78.8 Å². The molecule has 0 saturated heterocycles. The maximum Gasteiger partial charge on any atom is 0.264 e. The summed E-state index contributed by atoms with van der Waals surface area (Å²) in [6, 6.07) is 19.0. The highest BCUT2D eigenvalue weighted by Gasteiger charge is 2.34. The van der Waals surface area contributed by atoms with E-state index in [4.69, 9.17) is 0 Å². The van der Waals surface area contributed by atoms with E-state index in [0.717, 1.165) is 34.2 Å². The number of carbonyl (C=O) groups excluding carboxylic acids is 2. The zero-order valence-electron chi connectivity index (χ0n) is 25.3. The molecule has 0 unspecified atom stereocenters. The minimum absolute atomic E-state index is 0.0548. The van der Waals surface area contributed by atoms with Crippen LogP contribution in [0.25, 0.3) is 0 Å². The van der Waals surface area contributed by atoms with Crippen molar-refractivity contribution in [2.75, 3.05) is 10.8 Å². The normalized spacial score (nSPS) is 12.9. The van der Waals surface area contributed by atoms with E-state index in [2.05, 4.69) is 5.32 Å². The Morgan fingerprint density at radius 2 is 1.51 bits per heavy atom. The summed E-state index contributed by atoms with van der Waals surface area (Å²) in [4.78, 5) is 29.3. The van der Waals surface area contributed by atoms with Crippen molar-refractivity contribution in [3.63, 3.8) is 0 Å². The van der Waals surface area contributed by atoms with Crippen molar-refractivity contribution in [2.45, 2.75) is 84.8 Å². The lowest BCUT2D eigenvalue weighted by Gasteiger charge is -2.34. The fraction of sp³-hybridized carbons (Fsp3) is 0.394. The molecule has 2 amide bonds. The van der Waals surface area contributed by atoms with Gasteiger partial charge in [0.15, 0.2) is 0 Å². The number of aryl methyl sites for hydroxylation is 3. The smallest absolute Gasteiger partial charge is 0.264 e. The molecule has 2 atom stereocenters. The van der Waals surface area contributed by atoms with Crippen LogP contribution in [-0.4, -0.2) is 43.8 Å². The zero-order chi connectivity index (χ0) is 30.3. The number of rotatable bonds is 12. The van der Waals surface area contributed by atoms with Crippen LogP contribution in [0.15, 0.2) is 71.6 Å². The zero-order valence-corrected chi connectivity index (χ0v) is 26.1. The Labute approximate surface area is 245 Å². The Bertz CT molecular complexity index is 1470. The lowest BCUT2D eigenvalue weighted by molar-refractivity contribution is -0.140. The molecule has 3 aromatic carbocycles. The van der Waals surface area contributed by atoms with Crippen LogP contribution in [-0.2, 0) is 26.2 Å². The van der Waals surface area contributed by atoms with E-state index >= 15 is 0 Å². The first-order chi connectivity index (χ1) is 19.4. The van der Waals surface area contributed by atoms with E-state index in [1.54, 1.807) is 36.4 Å². The van der Waals surface area contributed by atoms with Crippen molar-refractivity contribution in [1.29, 1.82) is 0 Å². The number of nitrogens with zero attached hydrogens (tertiary/aromatic N) is 2. The van der Waals surface area contributed by atoms with Crippen LogP contribution in [0.1, 0.15) is 61.4 Å². The van der Waals surface area contributed by atoms with Gasteiger partial charge < -0.3 is 10.2 Å². The first-order valence-electron chi connectivity index (χ1n) is 14.2. The van der Waals surface area contributed by atoms with Crippen LogP contribution in [0, 0.1) is 27.7 Å². The molecule has 3 aromatic rings. The molecule has 41 heavy (non-hydrogen) atoms. The van der Waals surface area contributed by atoms with Crippen molar-refractivity contribution in [3.05, 3.63) is 94.5 Å². The fourth-order valence-corrected chi connectivity index (χ4v) is 6.20. The number of hydrogen-bond acceptors (Lipinski definition) is 4. The molecule has 0 radical (unpaired) electrons. The molecular formula is C33H43N3O4S.